The smallest absolute Gasteiger partial charge is 0.356 e. The van der Waals surface area contributed by atoms with Crippen LogP contribution in [-0.4, -0.2) is 66.3 Å². The number of rotatable bonds is 9. The van der Waals surface area contributed by atoms with Crippen molar-refractivity contribution >= 4 is 40.8 Å². The van der Waals surface area contributed by atoms with Gasteiger partial charge < -0.3 is 29.6 Å². The molecule has 1 aromatic heterocycles. The highest BCUT2D eigenvalue weighted by Crippen LogP contribution is 2.31. The number of nitrogens with zero attached hydrogens (tertiary/aromatic N) is 3. The molecule has 2 aromatic rings. The Morgan fingerprint density at radius 1 is 1.03 bits per heavy atom. The fourth-order valence-corrected chi connectivity index (χ4v) is 3.85. The van der Waals surface area contributed by atoms with Gasteiger partial charge in [0.1, 0.15) is 22.7 Å². The van der Waals surface area contributed by atoms with E-state index < -0.39 is 30.0 Å². The van der Waals surface area contributed by atoms with Crippen LogP contribution in [0.5, 0.6) is 0 Å². The van der Waals surface area contributed by atoms with Crippen LogP contribution in [0.4, 0.5) is 0 Å². The monoisotopic (exact) mass is 517 g/mol. The Morgan fingerprint density at radius 3 is 2.36 bits per heavy atom. The molecule has 0 saturated heterocycles. The zero-order valence-corrected chi connectivity index (χ0v) is 20.3. The van der Waals surface area contributed by atoms with Crippen LogP contribution in [0.15, 0.2) is 39.1 Å². The molecule has 2 amide bonds. The van der Waals surface area contributed by atoms with Gasteiger partial charge in [-0.25, -0.2) is 4.79 Å². The van der Waals surface area contributed by atoms with Crippen molar-refractivity contribution in [2.24, 2.45) is 10.3 Å². The van der Waals surface area contributed by atoms with E-state index in [1.807, 2.05) is 0 Å². The molecule has 2 atom stereocenters. The van der Waals surface area contributed by atoms with E-state index in [4.69, 9.17) is 30.5 Å². The van der Waals surface area contributed by atoms with Gasteiger partial charge in [0.05, 0.1) is 24.7 Å². The van der Waals surface area contributed by atoms with E-state index in [0.717, 1.165) is 0 Å². The molecule has 4 rings (SSSR count). The first kappa shape index (κ1) is 25.2. The first-order chi connectivity index (χ1) is 17.4. The highest BCUT2D eigenvalue weighted by molar-refractivity contribution is 6.39. The second-order valence-electron chi connectivity index (χ2n) is 8.02. The quantitative estimate of drug-likeness (QED) is 0.479. The maximum atomic E-state index is 12.9. The third kappa shape index (κ3) is 5.65. The molecule has 0 fully saturated rings. The molecule has 3 heterocycles. The molecule has 0 bridgehead atoms. The summed E-state index contributed by atoms with van der Waals surface area (Å²) in [4.78, 5) is 47.5. The summed E-state index contributed by atoms with van der Waals surface area (Å²) >= 11 is 6.25. The summed E-state index contributed by atoms with van der Waals surface area (Å²) in [6, 6.07) is 7.01. The highest BCUT2D eigenvalue weighted by atomic mass is 35.5. The molecule has 190 valence electrons. The number of halogens is 1. The van der Waals surface area contributed by atoms with E-state index in [1.165, 1.54) is 0 Å². The van der Waals surface area contributed by atoms with Crippen LogP contribution in [0, 0.1) is 6.92 Å². The SMILES string of the molecule is CCOC(=O)C1=NO[C@H](CNC(=O)C2=NO[C@H](CNC(=O)c3c(-c4ccccc4Cl)noc3C)C2)C1. The van der Waals surface area contributed by atoms with Crippen LogP contribution >= 0.6 is 11.6 Å². The molecule has 0 aliphatic carbocycles. The lowest BCUT2D eigenvalue weighted by molar-refractivity contribution is -0.135. The summed E-state index contributed by atoms with van der Waals surface area (Å²) < 4.78 is 10.1. The summed E-state index contributed by atoms with van der Waals surface area (Å²) in [7, 11) is 0. The summed E-state index contributed by atoms with van der Waals surface area (Å²) in [5.41, 5.74) is 1.53. The Hall–Kier alpha value is -3.93. The van der Waals surface area contributed by atoms with Gasteiger partial charge in [-0.2, -0.15) is 0 Å². The van der Waals surface area contributed by atoms with Crippen LogP contribution in [-0.2, 0) is 24.0 Å². The molecule has 36 heavy (non-hydrogen) atoms. The molecule has 1 aromatic carbocycles. The summed E-state index contributed by atoms with van der Waals surface area (Å²) in [5, 5.41) is 17.4. The van der Waals surface area contributed by atoms with Crippen LogP contribution in [0.25, 0.3) is 11.3 Å². The van der Waals surface area contributed by atoms with E-state index in [2.05, 4.69) is 26.1 Å². The zero-order chi connectivity index (χ0) is 25.7. The number of esters is 1. The average molecular weight is 518 g/mol. The van der Waals surface area contributed by atoms with Gasteiger partial charge in [0.25, 0.3) is 11.8 Å². The first-order valence-corrected chi connectivity index (χ1v) is 11.6. The summed E-state index contributed by atoms with van der Waals surface area (Å²) in [6.07, 6.45) is -0.581. The molecular weight excluding hydrogens is 494 g/mol. The van der Waals surface area contributed by atoms with Gasteiger partial charge >= 0.3 is 5.97 Å². The van der Waals surface area contributed by atoms with Gasteiger partial charge in [-0.3, -0.25) is 9.59 Å². The minimum absolute atomic E-state index is 0.105. The van der Waals surface area contributed by atoms with Gasteiger partial charge in [-0.15, -0.1) is 0 Å². The molecule has 0 spiro atoms. The molecule has 0 saturated carbocycles. The topological polar surface area (TPSA) is 154 Å². The number of benzene rings is 1. The number of ether oxygens (including phenoxy) is 1. The second kappa shape index (κ2) is 11.2. The number of carbonyl (C=O) groups is 3. The van der Waals surface area contributed by atoms with Crippen molar-refractivity contribution in [3.05, 3.63) is 40.6 Å². The number of hydrogen-bond acceptors (Lipinski definition) is 10. The lowest BCUT2D eigenvalue weighted by Crippen LogP contribution is -2.38. The lowest BCUT2D eigenvalue weighted by Gasteiger charge is -2.11. The first-order valence-electron chi connectivity index (χ1n) is 11.3. The van der Waals surface area contributed by atoms with Crippen LogP contribution < -0.4 is 10.6 Å². The fourth-order valence-electron chi connectivity index (χ4n) is 3.62. The zero-order valence-electron chi connectivity index (χ0n) is 19.6. The molecule has 0 unspecified atom stereocenters. The van der Waals surface area contributed by atoms with E-state index in [0.29, 0.717) is 22.0 Å². The molecule has 2 N–H and O–H groups in total. The number of oxime groups is 2. The minimum atomic E-state index is -0.537. The van der Waals surface area contributed by atoms with E-state index in [-0.39, 0.29) is 49.5 Å². The molecule has 12 nitrogen and oxygen atoms in total. The normalized spacial score (nSPS) is 18.5. The second-order valence-corrected chi connectivity index (χ2v) is 8.43. The van der Waals surface area contributed by atoms with E-state index in [1.54, 1.807) is 38.1 Å². The molecule has 13 heteroatoms. The Labute approximate surface area is 210 Å². The van der Waals surface area contributed by atoms with Crippen molar-refractivity contribution in [3.8, 4) is 11.3 Å². The number of nitrogens with one attached hydrogen (secondary N) is 2. The number of hydrogen-bond donors (Lipinski definition) is 2. The summed E-state index contributed by atoms with van der Waals surface area (Å²) in [6.45, 7) is 3.80. The third-order valence-electron chi connectivity index (χ3n) is 5.44. The van der Waals surface area contributed by atoms with Crippen molar-refractivity contribution in [2.45, 2.75) is 38.9 Å². The van der Waals surface area contributed by atoms with Gasteiger partial charge in [-0.05, 0) is 19.9 Å². The molecule has 2 aliphatic heterocycles. The van der Waals surface area contributed by atoms with E-state index in [9.17, 15) is 14.4 Å². The van der Waals surface area contributed by atoms with Crippen molar-refractivity contribution < 1.29 is 33.3 Å². The van der Waals surface area contributed by atoms with Crippen molar-refractivity contribution in [1.29, 1.82) is 0 Å². The molecule has 2 aliphatic rings. The number of amides is 2. The third-order valence-corrected chi connectivity index (χ3v) is 5.77. The molecule has 0 radical (unpaired) electrons. The van der Waals surface area contributed by atoms with Gasteiger partial charge in [0.15, 0.2) is 17.9 Å². The summed E-state index contributed by atoms with van der Waals surface area (Å²) in [5.74, 6) is -1.05. The number of aromatic nitrogens is 1. The van der Waals surface area contributed by atoms with Crippen molar-refractivity contribution in [2.75, 3.05) is 19.7 Å². The largest absolute Gasteiger partial charge is 0.461 e. The number of aryl methyl sites for hydroxylation is 1. The maximum Gasteiger partial charge on any atom is 0.356 e. The van der Waals surface area contributed by atoms with Crippen LogP contribution in [0.2, 0.25) is 5.02 Å². The van der Waals surface area contributed by atoms with Crippen molar-refractivity contribution in [3.63, 3.8) is 0 Å². The predicted molar refractivity (Wildman–Crippen MR) is 128 cm³/mol. The highest BCUT2D eigenvalue weighted by Gasteiger charge is 2.31. The lowest BCUT2D eigenvalue weighted by atomic mass is 10.1. The van der Waals surface area contributed by atoms with Crippen molar-refractivity contribution in [1.82, 2.24) is 15.8 Å². The minimum Gasteiger partial charge on any atom is -0.461 e. The fraction of sp³-hybridized carbons (Fsp3) is 0.391. The maximum absolute atomic E-state index is 12.9. The Morgan fingerprint density at radius 2 is 1.67 bits per heavy atom. The van der Waals surface area contributed by atoms with Gasteiger partial charge in [0.2, 0.25) is 0 Å². The van der Waals surface area contributed by atoms with Gasteiger partial charge in [-0.1, -0.05) is 45.3 Å². The Kier molecular flexibility index (Phi) is 7.84. The van der Waals surface area contributed by atoms with Crippen LogP contribution in [0.1, 0.15) is 35.9 Å². The number of carbonyl (C=O) groups excluding carboxylic acids is 3. The Bertz CT molecular complexity index is 1230. The van der Waals surface area contributed by atoms with Gasteiger partial charge in [0, 0.05) is 18.4 Å². The predicted octanol–water partition coefficient (Wildman–Crippen LogP) is 2.00. The average Bonchev–Trinajstić information content (AvgIpc) is 3.61. The van der Waals surface area contributed by atoms with Crippen LogP contribution in [0.3, 0.4) is 0 Å². The van der Waals surface area contributed by atoms with E-state index >= 15 is 0 Å². The Balaban J connectivity index is 1.24. The standard InChI is InChI=1S/C23H24ClN5O7/c1-3-33-23(32)18-9-14(36-28-18)10-25-21(30)17-8-13(35-27-17)11-26-22(31)19-12(2)34-29-20(19)15-6-4-5-7-16(15)24/h4-7,13-14H,3,8-11H2,1-2H3,(H,25,30)(H,26,31)/t13-,14-/m0/s1. The molecular formula is C23H24ClN5O7.